The van der Waals surface area contributed by atoms with Gasteiger partial charge in [-0.2, -0.15) is 0 Å². The van der Waals surface area contributed by atoms with E-state index in [1.165, 1.54) is 23.5 Å². The minimum absolute atomic E-state index is 0.0354. The average Bonchev–Trinajstić information content (AvgIpc) is 3.67. The van der Waals surface area contributed by atoms with Crippen LogP contribution in [-0.4, -0.2) is 59.3 Å². The highest BCUT2D eigenvalue weighted by Gasteiger charge is 2.28. The second kappa shape index (κ2) is 12.6. The van der Waals surface area contributed by atoms with Crippen molar-refractivity contribution in [3.63, 3.8) is 0 Å². The molecule has 0 saturated carbocycles. The Morgan fingerprint density at radius 1 is 1.17 bits per heavy atom. The number of ether oxygens (including phenoxy) is 2. The first-order valence-electron chi connectivity index (χ1n) is 13.2. The number of nitrogens with two attached hydrogens (primary N) is 1. The Bertz CT molecular complexity index is 1570. The number of aryl methyl sites for hydroxylation is 2. The van der Waals surface area contributed by atoms with Crippen molar-refractivity contribution >= 4 is 34.0 Å². The Kier molecular flexibility index (Phi) is 8.72. The molecule has 1 aliphatic heterocycles. The van der Waals surface area contributed by atoms with Gasteiger partial charge in [0.15, 0.2) is 16.7 Å². The largest absolute Gasteiger partial charge is 0.488 e. The molecule has 0 spiro atoms. The highest BCUT2D eigenvalue weighted by molar-refractivity contribution is 7.16. The number of nitrogens with one attached hydrogen (secondary N) is 1. The van der Waals surface area contributed by atoms with Gasteiger partial charge in [0, 0.05) is 36.3 Å². The summed E-state index contributed by atoms with van der Waals surface area (Å²) in [5, 5.41) is 3.34. The molecule has 0 unspecified atom stereocenters. The number of amides is 2. The van der Waals surface area contributed by atoms with E-state index >= 15 is 0 Å². The molecule has 1 aliphatic rings. The number of thiazole rings is 1. The van der Waals surface area contributed by atoms with Gasteiger partial charge >= 0.3 is 0 Å². The third kappa shape index (κ3) is 6.45. The number of carbonyl (C=O) groups excluding carboxylic acids is 2. The minimum Gasteiger partial charge on any atom is -0.488 e. The lowest BCUT2D eigenvalue weighted by Gasteiger charge is -2.17. The van der Waals surface area contributed by atoms with Gasteiger partial charge in [-0.15, -0.1) is 11.3 Å². The van der Waals surface area contributed by atoms with Gasteiger partial charge in [-0.3, -0.25) is 9.59 Å². The van der Waals surface area contributed by atoms with Crippen LogP contribution < -0.4 is 20.7 Å². The SMILES string of the molecule is Cc1sc(NC(=O)Cc2ccc(F)c(OCCOCCN)c2)nc1-c1ccc2c(c1)CCN2C(=O)c1cncn1C. The molecule has 0 fully saturated rings. The van der Waals surface area contributed by atoms with E-state index < -0.39 is 5.82 Å². The number of halogens is 1. The number of fused-ring (bicyclic) bond motifs is 1. The fourth-order valence-corrected chi connectivity index (χ4v) is 5.54. The van der Waals surface area contributed by atoms with Gasteiger partial charge in [0.25, 0.3) is 5.91 Å². The van der Waals surface area contributed by atoms with Crippen molar-refractivity contribution in [3.8, 4) is 17.0 Å². The predicted octanol–water partition coefficient (Wildman–Crippen LogP) is 3.73. The van der Waals surface area contributed by atoms with E-state index in [-0.39, 0.29) is 30.6 Å². The number of benzene rings is 2. The van der Waals surface area contributed by atoms with Crippen molar-refractivity contribution in [2.75, 3.05) is 43.1 Å². The predicted molar refractivity (Wildman–Crippen MR) is 155 cm³/mol. The summed E-state index contributed by atoms with van der Waals surface area (Å²) in [5.74, 6) is -0.793. The first-order valence-corrected chi connectivity index (χ1v) is 14.0. The lowest BCUT2D eigenvalue weighted by Crippen LogP contribution is -2.30. The van der Waals surface area contributed by atoms with E-state index in [2.05, 4.69) is 21.4 Å². The number of hydrogen-bond donors (Lipinski definition) is 2. The second-order valence-corrected chi connectivity index (χ2v) is 10.8. The summed E-state index contributed by atoms with van der Waals surface area (Å²) in [6, 6.07) is 10.3. The first kappa shape index (κ1) is 28.4. The second-order valence-electron chi connectivity index (χ2n) is 9.60. The monoisotopic (exact) mass is 578 g/mol. The van der Waals surface area contributed by atoms with Gasteiger partial charge in [0.05, 0.1) is 37.9 Å². The summed E-state index contributed by atoms with van der Waals surface area (Å²) in [4.78, 5) is 37.3. The molecule has 2 aromatic heterocycles. The van der Waals surface area contributed by atoms with Crippen molar-refractivity contribution in [1.82, 2.24) is 14.5 Å². The smallest absolute Gasteiger partial charge is 0.276 e. The maximum atomic E-state index is 14.1. The number of carbonyl (C=O) groups is 2. The van der Waals surface area contributed by atoms with Crippen LogP contribution in [0.4, 0.5) is 15.2 Å². The Morgan fingerprint density at radius 2 is 2.02 bits per heavy atom. The molecule has 0 aliphatic carbocycles. The quantitative estimate of drug-likeness (QED) is 0.260. The summed E-state index contributed by atoms with van der Waals surface area (Å²) in [5.41, 5.74) is 10.2. The molecule has 0 saturated heterocycles. The molecule has 10 nitrogen and oxygen atoms in total. The van der Waals surface area contributed by atoms with E-state index in [1.807, 2.05) is 19.1 Å². The van der Waals surface area contributed by atoms with Gasteiger partial charge in [-0.05, 0) is 48.7 Å². The fraction of sp³-hybridized carbons (Fsp3) is 0.310. The molecule has 2 amide bonds. The van der Waals surface area contributed by atoms with Crippen LogP contribution in [0.2, 0.25) is 0 Å². The van der Waals surface area contributed by atoms with Crippen molar-refractivity contribution in [1.29, 1.82) is 0 Å². The van der Waals surface area contributed by atoms with E-state index in [0.717, 1.165) is 33.8 Å². The molecule has 214 valence electrons. The lowest BCUT2D eigenvalue weighted by atomic mass is 10.1. The fourth-order valence-electron chi connectivity index (χ4n) is 4.69. The van der Waals surface area contributed by atoms with Crippen molar-refractivity contribution < 1.29 is 23.5 Å². The maximum absolute atomic E-state index is 14.1. The Balaban J connectivity index is 1.23. The number of rotatable bonds is 11. The highest BCUT2D eigenvalue weighted by atomic mass is 32.1. The van der Waals surface area contributed by atoms with E-state index in [9.17, 15) is 14.0 Å². The number of hydrogen-bond acceptors (Lipinski definition) is 8. The molecule has 2 aromatic carbocycles. The van der Waals surface area contributed by atoms with Crippen molar-refractivity contribution in [2.45, 2.75) is 19.8 Å². The topological polar surface area (TPSA) is 125 Å². The molecular formula is C29H31FN6O4S. The van der Waals surface area contributed by atoms with E-state index in [4.69, 9.17) is 15.2 Å². The summed E-state index contributed by atoms with van der Waals surface area (Å²) in [6.07, 6.45) is 3.97. The number of nitrogens with zero attached hydrogens (tertiary/aromatic N) is 4. The standard InChI is InChI=1S/C29H31FN6O4S/c1-18-27(21-4-6-23-20(15-21)7-9-36(23)28(38)24-16-32-17-35(24)2)34-29(41-18)33-26(37)14-19-3-5-22(30)25(13-19)40-12-11-39-10-8-31/h3-6,13,15-17H,7-12,14,31H2,1-2H3,(H,33,34,37). The zero-order chi connectivity index (χ0) is 28.9. The minimum atomic E-state index is -0.507. The Morgan fingerprint density at radius 3 is 2.80 bits per heavy atom. The Labute approximate surface area is 240 Å². The van der Waals surface area contributed by atoms with Gasteiger partial charge in [0.2, 0.25) is 5.91 Å². The summed E-state index contributed by atoms with van der Waals surface area (Å²) >= 11 is 1.39. The van der Waals surface area contributed by atoms with Crippen LogP contribution in [0.3, 0.4) is 0 Å². The van der Waals surface area contributed by atoms with Crippen molar-refractivity contribution in [2.24, 2.45) is 12.8 Å². The first-order chi connectivity index (χ1) is 19.8. The van der Waals surface area contributed by atoms with Gasteiger partial charge in [0.1, 0.15) is 12.3 Å². The van der Waals surface area contributed by atoms with Crippen LogP contribution >= 0.6 is 11.3 Å². The van der Waals surface area contributed by atoms with Crippen LogP contribution in [0.25, 0.3) is 11.3 Å². The molecule has 41 heavy (non-hydrogen) atoms. The summed E-state index contributed by atoms with van der Waals surface area (Å²) < 4.78 is 26.6. The van der Waals surface area contributed by atoms with E-state index in [0.29, 0.717) is 42.7 Å². The van der Waals surface area contributed by atoms with Crippen LogP contribution in [0.1, 0.15) is 26.5 Å². The van der Waals surface area contributed by atoms with Crippen LogP contribution in [0.5, 0.6) is 5.75 Å². The number of anilines is 2. The van der Waals surface area contributed by atoms with Crippen LogP contribution in [0, 0.1) is 12.7 Å². The highest BCUT2D eigenvalue weighted by Crippen LogP contribution is 2.36. The van der Waals surface area contributed by atoms with Gasteiger partial charge in [-0.25, -0.2) is 14.4 Å². The van der Waals surface area contributed by atoms with Gasteiger partial charge in [-0.1, -0.05) is 12.1 Å². The molecule has 0 radical (unpaired) electrons. The van der Waals surface area contributed by atoms with Crippen LogP contribution in [0.15, 0.2) is 48.9 Å². The van der Waals surface area contributed by atoms with E-state index in [1.54, 1.807) is 35.1 Å². The lowest BCUT2D eigenvalue weighted by molar-refractivity contribution is -0.115. The van der Waals surface area contributed by atoms with Crippen LogP contribution in [-0.2, 0) is 29.4 Å². The molecule has 0 atom stereocenters. The molecule has 3 heterocycles. The molecule has 12 heteroatoms. The molecule has 0 bridgehead atoms. The average molecular weight is 579 g/mol. The molecule has 3 N–H and O–H groups in total. The molecule has 4 aromatic rings. The van der Waals surface area contributed by atoms with Crippen molar-refractivity contribution in [3.05, 3.63) is 76.4 Å². The normalized spacial score (nSPS) is 12.4. The summed E-state index contributed by atoms with van der Waals surface area (Å²) in [6.45, 7) is 3.82. The zero-order valence-electron chi connectivity index (χ0n) is 22.9. The number of aromatic nitrogens is 3. The maximum Gasteiger partial charge on any atom is 0.276 e. The molecule has 5 rings (SSSR count). The number of imidazole rings is 1. The summed E-state index contributed by atoms with van der Waals surface area (Å²) in [7, 11) is 1.80. The zero-order valence-corrected chi connectivity index (χ0v) is 23.7. The van der Waals surface area contributed by atoms with Gasteiger partial charge < -0.3 is 30.0 Å². The molecular weight excluding hydrogens is 547 g/mol. The third-order valence-corrected chi connectivity index (χ3v) is 7.57. The third-order valence-electron chi connectivity index (χ3n) is 6.68. The Hall–Kier alpha value is -4.13.